The van der Waals surface area contributed by atoms with Gasteiger partial charge in [-0.2, -0.15) is 0 Å². The van der Waals surface area contributed by atoms with Crippen LogP contribution in [0, 0.1) is 0 Å². The van der Waals surface area contributed by atoms with E-state index in [2.05, 4.69) is 17.1 Å². The molecule has 0 atom stereocenters. The largest absolute Gasteiger partial charge is 0.298 e. The molecule has 0 aliphatic rings. The molecule has 0 unspecified atom stereocenters. The Morgan fingerprint density at radius 1 is 0.947 bits per heavy atom. The Bertz CT molecular complexity index is 747. The molecule has 0 radical (unpaired) electrons. The predicted octanol–water partition coefficient (Wildman–Crippen LogP) is 2.64. The van der Waals surface area contributed by atoms with Gasteiger partial charge in [0, 0.05) is 6.54 Å². The molecule has 3 aromatic rings. The zero-order valence-corrected chi connectivity index (χ0v) is 10.5. The number of benzene rings is 2. The van der Waals surface area contributed by atoms with Gasteiger partial charge >= 0.3 is 0 Å². The van der Waals surface area contributed by atoms with E-state index < -0.39 is 0 Å². The van der Waals surface area contributed by atoms with E-state index >= 15 is 0 Å². The minimum atomic E-state index is 0.0292. The third-order valence-corrected chi connectivity index (χ3v) is 3.22. The maximum Gasteiger partial charge on any atom is 0.261 e. The van der Waals surface area contributed by atoms with Gasteiger partial charge in [-0.15, -0.1) is 0 Å². The zero-order chi connectivity index (χ0) is 13.1. The molecule has 2 aromatic carbocycles. The van der Waals surface area contributed by atoms with Gasteiger partial charge in [0.2, 0.25) is 0 Å². The summed E-state index contributed by atoms with van der Waals surface area (Å²) in [6.07, 6.45) is 2.47. The van der Waals surface area contributed by atoms with Gasteiger partial charge in [0.25, 0.3) is 5.56 Å². The second-order valence-corrected chi connectivity index (χ2v) is 4.50. The van der Waals surface area contributed by atoms with Crippen LogP contribution in [0.25, 0.3) is 10.9 Å². The lowest BCUT2D eigenvalue weighted by atomic mass is 10.1. The third kappa shape index (κ3) is 2.40. The molecular weight excluding hydrogens is 236 g/mol. The highest BCUT2D eigenvalue weighted by molar-refractivity contribution is 5.76. The van der Waals surface area contributed by atoms with Crippen molar-refractivity contribution in [3.8, 4) is 0 Å². The van der Waals surface area contributed by atoms with Gasteiger partial charge in [-0.1, -0.05) is 42.5 Å². The van der Waals surface area contributed by atoms with Crippen molar-refractivity contribution in [2.75, 3.05) is 0 Å². The van der Waals surface area contributed by atoms with Crippen molar-refractivity contribution in [1.29, 1.82) is 0 Å². The SMILES string of the molecule is O=c1c2ccccc2ncn1CCc1ccccc1. The van der Waals surface area contributed by atoms with Crippen LogP contribution in [0.2, 0.25) is 0 Å². The van der Waals surface area contributed by atoms with Crippen molar-refractivity contribution in [3.63, 3.8) is 0 Å². The average molecular weight is 250 g/mol. The minimum Gasteiger partial charge on any atom is -0.298 e. The van der Waals surface area contributed by atoms with Gasteiger partial charge in [-0.05, 0) is 24.1 Å². The van der Waals surface area contributed by atoms with E-state index in [0.717, 1.165) is 11.9 Å². The number of fused-ring (bicyclic) bond motifs is 1. The topological polar surface area (TPSA) is 34.9 Å². The summed E-state index contributed by atoms with van der Waals surface area (Å²) in [5.41, 5.74) is 2.01. The van der Waals surface area contributed by atoms with E-state index in [1.54, 1.807) is 10.9 Å². The van der Waals surface area contributed by atoms with E-state index in [9.17, 15) is 4.79 Å². The maximum atomic E-state index is 12.3. The zero-order valence-electron chi connectivity index (χ0n) is 10.5. The predicted molar refractivity (Wildman–Crippen MR) is 76.1 cm³/mol. The highest BCUT2D eigenvalue weighted by Gasteiger charge is 2.03. The molecule has 0 bridgehead atoms. The van der Waals surface area contributed by atoms with E-state index in [1.165, 1.54) is 5.56 Å². The highest BCUT2D eigenvalue weighted by Crippen LogP contribution is 2.05. The van der Waals surface area contributed by atoms with Crippen LogP contribution in [0.3, 0.4) is 0 Å². The van der Waals surface area contributed by atoms with Crippen molar-refractivity contribution in [2.45, 2.75) is 13.0 Å². The van der Waals surface area contributed by atoms with Crippen molar-refractivity contribution in [3.05, 3.63) is 76.8 Å². The van der Waals surface area contributed by atoms with Crippen LogP contribution >= 0.6 is 0 Å². The summed E-state index contributed by atoms with van der Waals surface area (Å²) in [7, 11) is 0. The Morgan fingerprint density at radius 3 is 2.53 bits per heavy atom. The molecule has 94 valence electrons. The lowest BCUT2D eigenvalue weighted by molar-refractivity contribution is 0.662. The Morgan fingerprint density at radius 2 is 1.68 bits per heavy atom. The number of hydrogen-bond donors (Lipinski definition) is 0. The molecule has 0 fully saturated rings. The van der Waals surface area contributed by atoms with Crippen LogP contribution in [-0.4, -0.2) is 9.55 Å². The smallest absolute Gasteiger partial charge is 0.261 e. The fourth-order valence-electron chi connectivity index (χ4n) is 2.16. The monoisotopic (exact) mass is 250 g/mol. The number of hydrogen-bond acceptors (Lipinski definition) is 2. The summed E-state index contributed by atoms with van der Waals surface area (Å²) in [5, 5.41) is 0.679. The van der Waals surface area contributed by atoms with Crippen LogP contribution in [0.4, 0.5) is 0 Å². The molecule has 19 heavy (non-hydrogen) atoms. The summed E-state index contributed by atoms with van der Waals surface area (Å²) in [6, 6.07) is 17.6. The van der Waals surface area contributed by atoms with E-state index in [4.69, 9.17) is 0 Å². The van der Waals surface area contributed by atoms with E-state index in [0.29, 0.717) is 11.9 Å². The first-order chi connectivity index (χ1) is 9.34. The van der Waals surface area contributed by atoms with Gasteiger partial charge in [0.15, 0.2) is 0 Å². The number of para-hydroxylation sites is 1. The fourth-order valence-corrected chi connectivity index (χ4v) is 2.16. The summed E-state index contributed by atoms with van der Waals surface area (Å²) in [5.74, 6) is 0. The molecular formula is C16H14N2O. The van der Waals surface area contributed by atoms with E-state index in [-0.39, 0.29) is 5.56 Å². The van der Waals surface area contributed by atoms with Crippen molar-refractivity contribution < 1.29 is 0 Å². The molecule has 3 heteroatoms. The van der Waals surface area contributed by atoms with Gasteiger partial charge in [-0.3, -0.25) is 9.36 Å². The molecule has 1 heterocycles. The molecule has 0 amide bonds. The van der Waals surface area contributed by atoms with Crippen molar-refractivity contribution >= 4 is 10.9 Å². The second-order valence-electron chi connectivity index (χ2n) is 4.50. The van der Waals surface area contributed by atoms with Crippen LogP contribution in [0.15, 0.2) is 65.7 Å². The quantitative estimate of drug-likeness (QED) is 0.716. The number of nitrogens with zero attached hydrogens (tertiary/aromatic N) is 2. The van der Waals surface area contributed by atoms with Gasteiger partial charge in [-0.25, -0.2) is 4.98 Å². The molecule has 3 rings (SSSR count). The van der Waals surface area contributed by atoms with Crippen LogP contribution in [0.1, 0.15) is 5.56 Å². The standard InChI is InChI=1S/C16H14N2O/c19-16-14-8-4-5-9-15(14)17-12-18(16)11-10-13-6-2-1-3-7-13/h1-9,12H,10-11H2. The summed E-state index contributed by atoms with van der Waals surface area (Å²) in [6.45, 7) is 0.653. The number of rotatable bonds is 3. The summed E-state index contributed by atoms with van der Waals surface area (Å²) >= 11 is 0. The number of aromatic nitrogens is 2. The first-order valence-corrected chi connectivity index (χ1v) is 6.33. The molecule has 0 saturated heterocycles. The van der Waals surface area contributed by atoms with Crippen molar-refractivity contribution in [2.24, 2.45) is 0 Å². The Kier molecular flexibility index (Phi) is 3.11. The Hall–Kier alpha value is -2.42. The fraction of sp³-hybridized carbons (Fsp3) is 0.125. The molecule has 1 aromatic heterocycles. The first kappa shape index (κ1) is 11.7. The molecule has 0 aliphatic carbocycles. The maximum absolute atomic E-state index is 12.3. The highest BCUT2D eigenvalue weighted by atomic mass is 16.1. The average Bonchev–Trinajstić information content (AvgIpc) is 2.48. The second kappa shape index (κ2) is 5.06. The van der Waals surface area contributed by atoms with Gasteiger partial charge in [0.1, 0.15) is 0 Å². The number of aryl methyl sites for hydroxylation is 2. The molecule has 0 N–H and O–H groups in total. The summed E-state index contributed by atoms with van der Waals surface area (Å²) in [4.78, 5) is 16.6. The third-order valence-electron chi connectivity index (χ3n) is 3.22. The lowest BCUT2D eigenvalue weighted by Gasteiger charge is -2.06. The normalized spacial score (nSPS) is 10.7. The minimum absolute atomic E-state index is 0.0292. The van der Waals surface area contributed by atoms with Crippen LogP contribution < -0.4 is 5.56 Å². The van der Waals surface area contributed by atoms with Crippen LogP contribution in [0.5, 0.6) is 0 Å². The first-order valence-electron chi connectivity index (χ1n) is 6.33. The lowest BCUT2D eigenvalue weighted by Crippen LogP contribution is -2.21. The van der Waals surface area contributed by atoms with Crippen molar-refractivity contribution in [1.82, 2.24) is 9.55 Å². The molecule has 0 spiro atoms. The van der Waals surface area contributed by atoms with Gasteiger partial charge < -0.3 is 0 Å². The molecule has 0 saturated carbocycles. The molecule has 3 nitrogen and oxygen atoms in total. The van der Waals surface area contributed by atoms with Gasteiger partial charge in [0.05, 0.1) is 17.2 Å². The molecule has 0 aliphatic heterocycles. The Labute approximate surface area is 111 Å². The Balaban J connectivity index is 1.90. The summed E-state index contributed by atoms with van der Waals surface area (Å²) < 4.78 is 1.68. The van der Waals surface area contributed by atoms with E-state index in [1.807, 2.05) is 42.5 Å². The van der Waals surface area contributed by atoms with Crippen LogP contribution in [-0.2, 0) is 13.0 Å².